The van der Waals surface area contributed by atoms with E-state index in [9.17, 15) is 21.6 Å². The lowest BCUT2D eigenvalue weighted by Crippen LogP contribution is -2.39. The van der Waals surface area contributed by atoms with Crippen molar-refractivity contribution >= 4 is 10.1 Å². The van der Waals surface area contributed by atoms with Crippen molar-refractivity contribution in [2.45, 2.75) is 11.1 Å². The van der Waals surface area contributed by atoms with Gasteiger partial charge in [-0.2, -0.15) is 21.6 Å². The van der Waals surface area contributed by atoms with Gasteiger partial charge in [0.2, 0.25) is 0 Å². The molecule has 3 aromatic carbocycles. The number of rotatable bonds is 5. The molecule has 3 rings (SSSR count). The van der Waals surface area contributed by atoms with Gasteiger partial charge in [0, 0.05) is 0 Å². The van der Waals surface area contributed by atoms with Crippen LogP contribution in [0.4, 0.5) is 13.2 Å². The lowest BCUT2D eigenvalue weighted by atomic mass is 9.80. The number of halogens is 3. The molecule has 0 atom stereocenters. The van der Waals surface area contributed by atoms with E-state index in [0.717, 1.165) is 0 Å². The summed E-state index contributed by atoms with van der Waals surface area (Å²) in [4.78, 5) is 0. The second-order valence-electron chi connectivity index (χ2n) is 5.76. The largest absolute Gasteiger partial charge is 0.523 e. The van der Waals surface area contributed by atoms with Gasteiger partial charge in [0.1, 0.15) is 0 Å². The Labute approximate surface area is 155 Å². The molecule has 27 heavy (non-hydrogen) atoms. The lowest BCUT2D eigenvalue weighted by Gasteiger charge is -2.34. The van der Waals surface area contributed by atoms with Gasteiger partial charge < -0.3 is 0 Å². The van der Waals surface area contributed by atoms with Gasteiger partial charge in [0.05, 0.1) is 0 Å². The average molecular weight is 392 g/mol. The Hall–Kier alpha value is -2.64. The van der Waals surface area contributed by atoms with Crippen molar-refractivity contribution in [2.24, 2.45) is 0 Å². The molecule has 0 saturated heterocycles. The minimum Gasteiger partial charge on any atom is -0.242 e. The van der Waals surface area contributed by atoms with E-state index >= 15 is 0 Å². The van der Waals surface area contributed by atoms with Gasteiger partial charge >= 0.3 is 15.6 Å². The van der Waals surface area contributed by atoms with Crippen LogP contribution in [0.1, 0.15) is 16.7 Å². The maximum absolute atomic E-state index is 13.2. The lowest BCUT2D eigenvalue weighted by molar-refractivity contribution is -0.0600. The molecule has 0 bridgehead atoms. The monoisotopic (exact) mass is 392 g/mol. The summed E-state index contributed by atoms with van der Waals surface area (Å²) < 4.78 is 68.7. The first-order valence-electron chi connectivity index (χ1n) is 7.96. The van der Waals surface area contributed by atoms with Crippen molar-refractivity contribution in [3.05, 3.63) is 108 Å². The predicted octanol–water partition coefficient (Wildman–Crippen LogP) is 4.84. The Kier molecular flexibility index (Phi) is 5.08. The summed E-state index contributed by atoms with van der Waals surface area (Å²) in [5, 5.41) is 0. The summed E-state index contributed by atoms with van der Waals surface area (Å²) >= 11 is 0. The van der Waals surface area contributed by atoms with E-state index in [4.69, 9.17) is 4.18 Å². The van der Waals surface area contributed by atoms with E-state index in [1.807, 2.05) is 0 Å². The zero-order chi connectivity index (χ0) is 19.5. The molecule has 0 aromatic heterocycles. The first-order chi connectivity index (χ1) is 12.8. The first-order valence-corrected chi connectivity index (χ1v) is 9.37. The Balaban J connectivity index is 2.37. The van der Waals surface area contributed by atoms with Crippen molar-refractivity contribution in [1.29, 1.82) is 0 Å². The van der Waals surface area contributed by atoms with Crippen LogP contribution in [0, 0.1) is 0 Å². The van der Waals surface area contributed by atoms with Crippen LogP contribution in [0.25, 0.3) is 0 Å². The van der Waals surface area contributed by atoms with Gasteiger partial charge in [0.15, 0.2) is 5.60 Å². The Morgan fingerprint density at radius 2 is 0.889 bits per heavy atom. The molecular formula is C20H15F3O3S. The minimum absolute atomic E-state index is 0.259. The molecule has 0 fully saturated rings. The molecule has 0 aliphatic heterocycles. The summed E-state index contributed by atoms with van der Waals surface area (Å²) in [6.07, 6.45) is 0. The molecule has 0 amide bonds. The van der Waals surface area contributed by atoms with Crippen LogP contribution in [-0.4, -0.2) is 13.9 Å². The number of alkyl halides is 3. The fraction of sp³-hybridized carbons (Fsp3) is 0.100. The zero-order valence-corrected chi connectivity index (χ0v) is 14.7. The number of benzene rings is 3. The van der Waals surface area contributed by atoms with Crippen LogP contribution in [0.15, 0.2) is 91.0 Å². The molecule has 3 aromatic rings. The van der Waals surface area contributed by atoms with Crippen molar-refractivity contribution < 1.29 is 25.8 Å². The summed E-state index contributed by atoms with van der Waals surface area (Å²) in [5.41, 5.74) is -6.77. The number of hydrogen-bond donors (Lipinski definition) is 0. The van der Waals surface area contributed by atoms with Gasteiger partial charge in [-0.3, -0.25) is 0 Å². The smallest absolute Gasteiger partial charge is 0.242 e. The third kappa shape index (κ3) is 3.61. The molecule has 3 nitrogen and oxygen atoms in total. The van der Waals surface area contributed by atoms with E-state index in [1.165, 1.54) is 36.4 Å². The topological polar surface area (TPSA) is 43.4 Å². The predicted molar refractivity (Wildman–Crippen MR) is 95.3 cm³/mol. The van der Waals surface area contributed by atoms with Crippen LogP contribution in [0.2, 0.25) is 0 Å². The highest BCUT2D eigenvalue weighted by Crippen LogP contribution is 2.44. The van der Waals surface area contributed by atoms with Crippen molar-refractivity contribution in [1.82, 2.24) is 0 Å². The molecular weight excluding hydrogens is 377 g/mol. The summed E-state index contributed by atoms with van der Waals surface area (Å²) in [6.45, 7) is 0. The highest BCUT2D eigenvalue weighted by atomic mass is 32.2. The van der Waals surface area contributed by atoms with E-state index in [-0.39, 0.29) is 16.7 Å². The van der Waals surface area contributed by atoms with Crippen LogP contribution in [0.3, 0.4) is 0 Å². The Bertz CT molecular complexity index is 890. The quantitative estimate of drug-likeness (QED) is 0.354. The Morgan fingerprint density at radius 3 is 1.15 bits per heavy atom. The molecule has 140 valence electrons. The third-order valence-electron chi connectivity index (χ3n) is 4.06. The van der Waals surface area contributed by atoms with Gasteiger partial charge in [-0.05, 0) is 16.7 Å². The van der Waals surface area contributed by atoms with Crippen molar-refractivity contribution in [2.75, 3.05) is 0 Å². The highest BCUT2D eigenvalue weighted by molar-refractivity contribution is 7.87. The fourth-order valence-electron chi connectivity index (χ4n) is 2.87. The third-order valence-corrected chi connectivity index (χ3v) is 5.10. The zero-order valence-electron chi connectivity index (χ0n) is 13.9. The summed E-state index contributed by atoms with van der Waals surface area (Å²) in [6, 6.07) is 23.9. The summed E-state index contributed by atoms with van der Waals surface area (Å²) in [7, 11) is -5.90. The number of hydrogen-bond acceptors (Lipinski definition) is 3. The normalized spacial score (nSPS) is 12.7. The average Bonchev–Trinajstić information content (AvgIpc) is 2.67. The van der Waals surface area contributed by atoms with Crippen LogP contribution >= 0.6 is 0 Å². The SMILES string of the molecule is O=S(=O)(OC(c1ccccc1)(c1ccccc1)c1ccccc1)C(F)(F)F. The maximum atomic E-state index is 13.2. The van der Waals surface area contributed by atoms with Crippen molar-refractivity contribution in [3.63, 3.8) is 0 Å². The van der Waals surface area contributed by atoms with Gasteiger partial charge in [-0.15, -0.1) is 0 Å². The van der Waals surface area contributed by atoms with E-state index in [2.05, 4.69) is 0 Å². The fourth-order valence-corrected chi connectivity index (χ4v) is 3.59. The highest BCUT2D eigenvalue weighted by Gasteiger charge is 2.53. The van der Waals surface area contributed by atoms with Gasteiger partial charge in [0.25, 0.3) is 0 Å². The molecule has 0 heterocycles. The van der Waals surface area contributed by atoms with E-state index in [1.54, 1.807) is 54.6 Å². The molecule has 0 saturated carbocycles. The second kappa shape index (κ2) is 7.17. The molecule has 0 aliphatic rings. The van der Waals surface area contributed by atoms with Gasteiger partial charge in [-0.25, -0.2) is 4.18 Å². The standard InChI is InChI=1S/C20H15F3O3S/c21-20(22,23)27(24,25)26-19(16-10-4-1-5-11-16,17-12-6-2-7-13-17)18-14-8-3-9-15-18/h1-15H. The van der Waals surface area contributed by atoms with Crippen LogP contribution in [-0.2, 0) is 19.9 Å². The molecule has 0 unspecified atom stereocenters. The summed E-state index contributed by atoms with van der Waals surface area (Å²) in [5.74, 6) is 0. The first kappa shape index (κ1) is 19.1. The van der Waals surface area contributed by atoms with E-state index < -0.39 is 21.2 Å². The molecule has 0 spiro atoms. The molecule has 7 heteroatoms. The molecule has 0 aliphatic carbocycles. The Morgan fingerprint density at radius 1 is 0.593 bits per heavy atom. The molecule has 0 N–H and O–H groups in total. The van der Waals surface area contributed by atoms with E-state index in [0.29, 0.717) is 0 Å². The minimum atomic E-state index is -5.90. The van der Waals surface area contributed by atoms with Gasteiger partial charge in [-0.1, -0.05) is 91.0 Å². The molecule has 0 radical (unpaired) electrons. The maximum Gasteiger partial charge on any atom is 0.523 e. The van der Waals surface area contributed by atoms with Crippen LogP contribution in [0.5, 0.6) is 0 Å². The van der Waals surface area contributed by atoms with Crippen molar-refractivity contribution in [3.8, 4) is 0 Å². The van der Waals surface area contributed by atoms with Crippen LogP contribution < -0.4 is 0 Å². The second-order valence-corrected chi connectivity index (χ2v) is 7.30.